The number of nitro groups is 1. The van der Waals surface area contributed by atoms with Crippen molar-refractivity contribution in [3.63, 3.8) is 0 Å². The Labute approximate surface area is 108 Å². The molecule has 0 aliphatic rings. The van der Waals surface area contributed by atoms with Gasteiger partial charge in [-0.15, -0.1) is 0 Å². The highest BCUT2D eigenvalue weighted by atomic mass is 32.2. The van der Waals surface area contributed by atoms with Crippen molar-refractivity contribution in [3.05, 3.63) is 28.3 Å². The Kier molecular flexibility index (Phi) is 5.57. The summed E-state index contributed by atoms with van der Waals surface area (Å²) in [6, 6.07) is 4.45. The second kappa shape index (κ2) is 6.95. The van der Waals surface area contributed by atoms with Crippen LogP contribution in [0.1, 0.15) is 6.92 Å². The highest BCUT2D eigenvalue weighted by molar-refractivity contribution is 7.84. The van der Waals surface area contributed by atoms with Crippen LogP contribution in [0.2, 0.25) is 0 Å². The van der Waals surface area contributed by atoms with E-state index >= 15 is 0 Å². The van der Waals surface area contributed by atoms with Gasteiger partial charge in [0.05, 0.1) is 18.1 Å². The number of non-ortho nitro benzene ring substituents is 1. The molecule has 0 bridgehead atoms. The number of rotatable bonds is 7. The minimum atomic E-state index is -0.850. The first-order valence-electron chi connectivity index (χ1n) is 5.49. The van der Waals surface area contributed by atoms with Crippen molar-refractivity contribution < 1.29 is 13.9 Å². The van der Waals surface area contributed by atoms with Crippen LogP contribution in [0.25, 0.3) is 0 Å². The number of hydrogen-bond acceptors (Lipinski definition) is 5. The zero-order chi connectivity index (χ0) is 13.5. The van der Waals surface area contributed by atoms with E-state index in [9.17, 15) is 14.3 Å². The van der Waals surface area contributed by atoms with Crippen LogP contribution in [0.4, 0.5) is 11.4 Å². The number of hydrogen-bond donors (Lipinski definition) is 1. The van der Waals surface area contributed by atoms with Gasteiger partial charge in [-0.1, -0.05) is 6.92 Å². The molecule has 0 aromatic heterocycles. The van der Waals surface area contributed by atoms with Crippen LogP contribution in [0.15, 0.2) is 18.2 Å². The van der Waals surface area contributed by atoms with E-state index in [0.717, 1.165) is 0 Å². The van der Waals surface area contributed by atoms with Crippen molar-refractivity contribution >= 4 is 22.2 Å². The van der Waals surface area contributed by atoms with Gasteiger partial charge < -0.3 is 10.1 Å². The molecule has 0 fully saturated rings. The summed E-state index contributed by atoms with van der Waals surface area (Å²) in [7, 11) is 0.604. The lowest BCUT2D eigenvalue weighted by molar-refractivity contribution is -0.384. The van der Waals surface area contributed by atoms with Gasteiger partial charge in [0.2, 0.25) is 0 Å². The fraction of sp³-hybridized carbons (Fsp3) is 0.455. The second-order valence-corrected chi connectivity index (χ2v) is 5.40. The molecule has 1 N–H and O–H groups in total. The van der Waals surface area contributed by atoms with Crippen LogP contribution >= 0.6 is 0 Å². The molecular formula is C11H16N2O4S. The van der Waals surface area contributed by atoms with Gasteiger partial charge in [-0.05, 0) is 0 Å². The van der Waals surface area contributed by atoms with E-state index in [1.165, 1.54) is 19.2 Å². The smallest absolute Gasteiger partial charge is 0.275 e. The van der Waals surface area contributed by atoms with E-state index in [2.05, 4.69) is 5.32 Å². The van der Waals surface area contributed by atoms with Gasteiger partial charge in [0.15, 0.2) is 0 Å². The highest BCUT2D eigenvalue weighted by Crippen LogP contribution is 2.25. The van der Waals surface area contributed by atoms with Crippen LogP contribution in [0.3, 0.4) is 0 Å². The van der Waals surface area contributed by atoms with Gasteiger partial charge in [-0.25, -0.2) is 0 Å². The lowest BCUT2D eigenvalue weighted by Crippen LogP contribution is -2.12. The number of nitrogens with zero attached hydrogens (tertiary/aromatic N) is 1. The van der Waals surface area contributed by atoms with Gasteiger partial charge in [-0.2, -0.15) is 0 Å². The Morgan fingerprint density at radius 1 is 1.44 bits per heavy atom. The molecule has 1 aromatic rings. The van der Waals surface area contributed by atoms with Gasteiger partial charge in [0, 0.05) is 46.7 Å². The van der Waals surface area contributed by atoms with Crippen LogP contribution in [0, 0.1) is 10.1 Å². The van der Waals surface area contributed by atoms with Crippen molar-refractivity contribution in [2.24, 2.45) is 0 Å². The summed E-state index contributed by atoms with van der Waals surface area (Å²) in [5.74, 6) is 1.55. The predicted molar refractivity (Wildman–Crippen MR) is 71.7 cm³/mol. The molecule has 1 aromatic carbocycles. The SMILES string of the molecule is CCS(=O)CCNc1cc(OC)cc([N+](=O)[O-])c1. The minimum Gasteiger partial charge on any atom is -0.496 e. The molecule has 0 heterocycles. The van der Waals surface area contributed by atoms with Crippen LogP contribution in [-0.4, -0.2) is 34.3 Å². The van der Waals surface area contributed by atoms with Gasteiger partial charge >= 0.3 is 0 Å². The number of nitrogens with one attached hydrogen (secondary N) is 1. The molecule has 1 atom stereocenters. The molecule has 0 saturated carbocycles. The maximum atomic E-state index is 11.2. The van der Waals surface area contributed by atoms with Gasteiger partial charge in [-0.3, -0.25) is 14.3 Å². The van der Waals surface area contributed by atoms with E-state index in [1.54, 1.807) is 6.07 Å². The molecule has 1 rings (SSSR count). The maximum Gasteiger partial charge on any atom is 0.275 e. The topological polar surface area (TPSA) is 81.5 Å². The zero-order valence-corrected chi connectivity index (χ0v) is 11.2. The largest absolute Gasteiger partial charge is 0.496 e. The van der Waals surface area contributed by atoms with E-state index in [1.807, 2.05) is 6.92 Å². The Hall–Kier alpha value is -1.63. The monoisotopic (exact) mass is 272 g/mol. The molecule has 0 aliphatic heterocycles. The molecule has 100 valence electrons. The standard InChI is InChI=1S/C11H16N2O4S/c1-3-18(16)5-4-12-9-6-10(13(14)15)8-11(7-9)17-2/h6-8,12H,3-5H2,1-2H3. The summed E-state index contributed by atoms with van der Waals surface area (Å²) < 4.78 is 16.2. The molecular weight excluding hydrogens is 256 g/mol. The molecule has 7 heteroatoms. The average molecular weight is 272 g/mol. The predicted octanol–water partition coefficient (Wildman–Crippen LogP) is 1.78. The molecule has 0 radical (unpaired) electrons. The molecule has 18 heavy (non-hydrogen) atoms. The van der Waals surface area contributed by atoms with Crippen molar-refractivity contribution in [2.75, 3.05) is 30.5 Å². The third kappa shape index (κ3) is 4.33. The zero-order valence-electron chi connectivity index (χ0n) is 10.3. The first-order chi connectivity index (χ1) is 8.56. The second-order valence-electron chi connectivity index (χ2n) is 3.54. The van der Waals surface area contributed by atoms with Crippen LogP contribution in [0.5, 0.6) is 5.75 Å². The van der Waals surface area contributed by atoms with Crippen molar-refractivity contribution in [2.45, 2.75) is 6.92 Å². The first kappa shape index (κ1) is 14.4. The lowest BCUT2D eigenvalue weighted by atomic mass is 10.2. The van der Waals surface area contributed by atoms with E-state index in [-0.39, 0.29) is 5.69 Å². The Morgan fingerprint density at radius 2 is 2.17 bits per heavy atom. The summed E-state index contributed by atoms with van der Waals surface area (Å²) >= 11 is 0. The normalized spacial score (nSPS) is 11.9. The fourth-order valence-corrected chi connectivity index (χ4v) is 1.98. The summed E-state index contributed by atoms with van der Waals surface area (Å²) in [6.07, 6.45) is 0. The molecule has 0 saturated heterocycles. The lowest BCUT2D eigenvalue weighted by Gasteiger charge is -2.07. The Balaban J connectivity index is 2.72. The fourth-order valence-electron chi connectivity index (χ4n) is 1.36. The quantitative estimate of drug-likeness (QED) is 0.604. The number of benzene rings is 1. The van der Waals surface area contributed by atoms with Crippen molar-refractivity contribution in [1.29, 1.82) is 0 Å². The molecule has 0 spiro atoms. The third-order valence-electron chi connectivity index (χ3n) is 2.32. The maximum absolute atomic E-state index is 11.2. The Bertz CT molecular complexity index is 451. The summed E-state index contributed by atoms with van der Waals surface area (Å²) in [5.41, 5.74) is 0.558. The summed E-state index contributed by atoms with van der Waals surface area (Å²) in [6.45, 7) is 2.36. The number of ether oxygens (including phenoxy) is 1. The summed E-state index contributed by atoms with van der Waals surface area (Å²) in [5, 5.41) is 13.7. The molecule has 6 nitrogen and oxygen atoms in total. The summed E-state index contributed by atoms with van der Waals surface area (Å²) in [4.78, 5) is 10.2. The molecule has 0 aliphatic carbocycles. The van der Waals surface area contributed by atoms with E-state index < -0.39 is 15.7 Å². The molecule has 1 unspecified atom stereocenters. The van der Waals surface area contributed by atoms with Crippen molar-refractivity contribution in [3.8, 4) is 5.75 Å². The Morgan fingerprint density at radius 3 is 2.72 bits per heavy atom. The number of anilines is 1. The van der Waals surface area contributed by atoms with E-state index in [4.69, 9.17) is 4.74 Å². The van der Waals surface area contributed by atoms with Gasteiger partial charge in [0.25, 0.3) is 5.69 Å². The highest BCUT2D eigenvalue weighted by Gasteiger charge is 2.10. The van der Waals surface area contributed by atoms with Gasteiger partial charge in [0.1, 0.15) is 5.75 Å². The average Bonchev–Trinajstić information content (AvgIpc) is 2.37. The molecule has 0 amide bonds. The minimum absolute atomic E-state index is 0.0338. The van der Waals surface area contributed by atoms with E-state index in [0.29, 0.717) is 29.5 Å². The van der Waals surface area contributed by atoms with Crippen molar-refractivity contribution in [1.82, 2.24) is 0 Å². The van der Waals surface area contributed by atoms with Crippen LogP contribution < -0.4 is 10.1 Å². The number of methoxy groups -OCH3 is 1. The first-order valence-corrected chi connectivity index (χ1v) is 6.98. The van der Waals surface area contributed by atoms with Crippen LogP contribution in [-0.2, 0) is 10.8 Å². The third-order valence-corrected chi connectivity index (χ3v) is 3.62. The number of nitro benzene ring substituents is 1.